The lowest BCUT2D eigenvalue weighted by Crippen LogP contribution is -2.38. The highest BCUT2D eigenvalue weighted by Crippen LogP contribution is 2.27. The number of aliphatic hydroxyl groups excluding tert-OH is 1. The Balaban J connectivity index is 1.65. The quantitative estimate of drug-likeness (QED) is 0.748. The molecule has 1 saturated carbocycles. The first-order valence-electron chi connectivity index (χ1n) is 5.78. The zero-order valence-corrected chi connectivity index (χ0v) is 9.71. The van der Waals surface area contributed by atoms with E-state index in [-0.39, 0.29) is 6.10 Å². The summed E-state index contributed by atoms with van der Waals surface area (Å²) < 4.78 is 1.86. The molecule has 90 valence electrons. The van der Waals surface area contributed by atoms with Crippen LogP contribution in [0.2, 0.25) is 0 Å². The van der Waals surface area contributed by atoms with Gasteiger partial charge >= 0.3 is 0 Å². The Bertz CT molecular complexity index is 332. The SMILES string of the molecule is CN(CCn1cc(N)cn1)CC1CC(O)C1. The first kappa shape index (κ1) is 11.4. The molecule has 1 aliphatic carbocycles. The Morgan fingerprint density at radius 2 is 2.38 bits per heavy atom. The van der Waals surface area contributed by atoms with E-state index in [4.69, 9.17) is 5.73 Å². The van der Waals surface area contributed by atoms with Gasteiger partial charge in [0.05, 0.1) is 24.5 Å². The van der Waals surface area contributed by atoms with E-state index in [0.29, 0.717) is 11.6 Å². The molecule has 0 unspecified atom stereocenters. The number of rotatable bonds is 5. The summed E-state index contributed by atoms with van der Waals surface area (Å²) >= 11 is 0. The van der Waals surface area contributed by atoms with Gasteiger partial charge < -0.3 is 15.7 Å². The summed E-state index contributed by atoms with van der Waals surface area (Å²) in [4.78, 5) is 2.29. The monoisotopic (exact) mass is 224 g/mol. The van der Waals surface area contributed by atoms with Gasteiger partial charge in [-0.05, 0) is 25.8 Å². The molecule has 5 heteroatoms. The average molecular weight is 224 g/mol. The van der Waals surface area contributed by atoms with Gasteiger partial charge in [0.25, 0.3) is 0 Å². The summed E-state index contributed by atoms with van der Waals surface area (Å²) in [6, 6.07) is 0. The van der Waals surface area contributed by atoms with Crippen molar-refractivity contribution in [2.45, 2.75) is 25.5 Å². The summed E-state index contributed by atoms with van der Waals surface area (Å²) in [5.74, 6) is 0.669. The lowest BCUT2D eigenvalue weighted by atomic mass is 9.82. The number of nitrogens with two attached hydrogens (primary N) is 1. The third kappa shape index (κ3) is 2.96. The summed E-state index contributed by atoms with van der Waals surface area (Å²) in [7, 11) is 2.11. The summed E-state index contributed by atoms with van der Waals surface area (Å²) in [5, 5.41) is 13.3. The van der Waals surface area contributed by atoms with Crippen LogP contribution >= 0.6 is 0 Å². The van der Waals surface area contributed by atoms with Crippen LogP contribution < -0.4 is 5.73 Å². The van der Waals surface area contributed by atoms with Crippen LogP contribution in [-0.2, 0) is 6.54 Å². The second kappa shape index (κ2) is 4.84. The fourth-order valence-corrected chi connectivity index (χ4v) is 2.16. The van der Waals surface area contributed by atoms with Crippen LogP contribution in [0.1, 0.15) is 12.8 Å². The van der Waals surface area contributed by atoms with Gasteiger partial charge in [-0.3, -0.25) is 4.68 Å². The van der Waals surface area contributed by atoms with Crippen LogP contribution in [-0.4, -0.2) is 46.0 Å². The number of anilines is 1. The third-order valence-electron chi connectivity index (χ3n) is 3.14. The van der Waals surface area contributed by atoms with Crippen LogP contribution in [0.3, 0.4) is 0 Å². The number of likely N-dealkylation sites (N-methyl/N-ethyl adjacent to an activating group) is 1. The summed E-state index contributed by atoms with van der Waals surface area (Å²) in [6.07, 6.45) is 5.38. The molecule has 3 N–H and O–H groups in total. The van der Waals surface area contributed by atoms with E-state index in [9.17, 15) is 5.11 Å². The highest BCUT2D eigenvalue weighted by Gasteiger charge is 2.27. The Labute approximate surface area is 95.8 Å². The van der Waals surface area contributed by atoms with Crippen molar-refractivity contribution in [2.24, 2.45) is 5.92 Å². The second-order valence-corrected chi connectivity index (χ2v) is 4.79. The highest BCUT2D eigenvalue weighted by molar-refractivity contribution is 5.30. The van der Waals surface area contributed by atoms with Crippen molar-refractivity contribution in [3.05, 3.63) is 12.4 Å². The summed E-state index contributed by atoms with van der Waals surface area (Å²) in [6.45, 7) is 2.89. The fourth-order valence-electron chi connectivity index (χ4n) is 2.16. The summed E-state index contributed by atoms with van der Waals surface area (Å²) in [5.41, 5.74) is 6.30. The molecule has 0 amide bonds. The van der Waals surface area contributed by atoms with E-state index in [0.717, 1.165) is 32.5 Å². The lowest BCUT2D eigenvalue weighted by Gasteiger charge is -2.34. The largest absolute Gasteiger partial charge is 0.396 e. The number of nitrogens with zero attached hydrogens (tertiary/aromatic N) is 3. The van der Waals surface area contributed by atoms with Crippen LogP contribution in [0.25, 0.3) is 0 Å². The van der Waals surface area contributed by atoms with Gasteiger partial charge in [0, 0.05) is 19.3 Å². The van der Waals surface area contributed by atoms with E-state index >= 15 is 0 Å². The number of hydrogen-bond donors (Lipinski definition) is 2. The normalized spacial score (nSPS) is 24.7. The number of hydrogen-bond acceptors (Lipinski definition) is 4. The molecule has 0 saturated heterocycles. The van der Waals surface area contributed by atoms with Crippen molar-refractivity contribution in [3.8, 4) is 0 Å². The molecule has 0 aliphatic heterocycles. The first-order chi connectivity index (χ1) is 7.63. The van der Waals surface area contributed by atoms with Crippen molar-refractivity contribution in [1.29, 1.82) is 0 Å². The molecule has 5 nitrogen and oxygen atoms in total. The van der Waals surface area contributed by atoms with E-state index in [1.54, 1.807) is 6.20 Å². The number of aliphatic hydroxyl groups is 1. The van der Waals surface area contributed by atoms with Crippen LogP contribution in [0.15, 0.2) is 12.4 Å². The number of aromatic nitrogens is 2. The predicted octanol–water partition coefficient (Wildman–Crippen LogP) is 0.168. The van der Waals surface area contributed by atoms with Crippen molar-refractivity contribution in [1.82, 2.24) is 14.7 Å². The molecule has 1 aromatic rings. The molecule has 2 rings (SSSR count). The minimum absolute atomic E-state index is 0.0516. The molecule has 0 radical (unpaired) electrons. The predicted molar refractivity (Wildman–Crippen MR) is 62.9 cm³/mol. The van der Waals surface area contributed by atoms with Crippen LogP contribution in [0, 0.1) is 5.92 Å². The molecule has 16 heavy (non-hydrogen) atoms. The molecular weight excluding hydrogens is 204 g/mol. The smallest absolute Gasteiger partial charge is 0.0719 e. The Morgan fingerprint density at radius 3 is 2.94 bits per heavy atom. The lowest BCUT2D eigenvalue weighted by molar-refractivity contribution is 0.0279. The van der Waals surface area contributed by atoms with Gasteiger partial charge in [-0.25, -0.2) is 0 Å². The Hall–Kier alpha value is -1.07. The van der Waals surface area contributed by atoms with Crippen molar-refractivity contribution >= 4 is 5.69 Å². The fraction of sp³-hybridized carbons (Fsp3) is 0.727. The molecular formula is C11H20N4O. The van der Waals surface area contributed by atoms with Gasteiger partial charge in [-0.15, -0.1) is 0 Å². The van der Waals surface area contributed by atoms with Gasteiger partial charge in [0.15, 0.2) is 0 Å². The van der Waals surface area contributed by atoms with Crippen LogP contribution in [0.5, 0.6) is 0 Å². The third-order valence-corrected chi connectivity index (χ3v) is 3.14. The maximum Gasteiger partial charge on any atom is 0.0719 e. The first-order valence-corrected chi connectivity index (χ1v) is 5.78. The topological polar surface area (TPSA) is 67.3 Å². The van der Waals surface area contributed by atoms with Gasteiger partial charge in [-0.2, -0.15) is 5.10 Å². The molecule has 0 bridgehead atoms. The average Bonchev–Trinajstić information content (AvgIpc) is 2.59. The van der Waals surface area contributed by atoms with Crippen LogP contribution in [0.4, 0.5) is 5.69 Å². The second-order valence-electron chi connectivity index (χ2n) is 4.79. The minimum Gasteiger partial charge on any atom is -0.396 e. The van der Waals surface area contributed by atoms with E-state index in [2.05, 4.69) is 17.0 Å². The zero-order valence-electron chi connectivity index (χ0n) is 9.71. The van der Waals surface area contributed by atoms with Crippen molar-refractivity contribution < 1.29 is 5.11 Å². The van der Waals surface area contributed by atoms with Gasteiger partial charge in [0.2, 0.25) is 0 Å². The maximum absolute atomic E-state index is 9.20. The van der Waals surface area contributed by atoms with E-state index < -0.39 is 0 Å². The molecule has 0 atom stereocenters. The standard InChI is InChI=1S/C11H20N4O/c1-14(7-9-4-11(16)5-9)2-3-15-8-10(12)6-13-15/h6,8-9,11,16H,2-5,7,12H2,1H3. The molecule has 1 heterocycles. The number of nitrogen functional groups attached to an aromatic ring is 1. The van der Waals surface area contributed by atoms with E-state index in [1.807, 2.05) is 10.9 Å². The molecule has 1 aromatic heterocycles. The molecule has 1 aliphatic rings. The van der Waals surface area contributed by atoms with E-state index in [1.165, 1.54) is 0 Å². The molecule has 0 spiro atoms. The van der Waals surface area contributed by atoms with Gasteiger partial charge in [-0.1, -0.05) is 0 Å². The van der Waals surface area contributed by atoms with Crippen molar-refractivity contribution in [3.63, 3.8) is 0 Å². The zero-order chi connectivity index (χ0) is 11.5. The van der Waals surface area contributed by atoms with Crippen molar-refractivity contribution in [2.75, 3.05) is 25.9 Å². The molecule has 1 fully saturated rings. The maximum atomic E-state index is 9.20. The van der Waals surface area contributed by atoms with Gasteiger partial charge in [0.1, 0.15) is 0 Å². The highest BCUT2D eigenvalue weighted by atomic mass is 16.3. The Kier molecular flexibility index (Phi) is 3.46. The minimum atomic E-state index is -0.0516. The molecule has 0 aromatic carbocycles. The Morgan fingerprint density at radius 1 is 1.62 bits per heavy atom.